The number of hydrogen-bond acceptors (Lipinski definition) is 2. The zero-order valence-electron chi connectivity index (χ0n) is 10.5. The van der Waals surface area contributed by atoms with Crippen LogP contribution in [0.3, 0.4) is 0 Å². The van der Waals surface area contributed by atoms with Crippen molar-refractivity contribution in [1.82, 2.24) is 10.3 Å². The van der Waals surface area contributed by atoms with Gasteiger partial charge < -0.3 is 5.32 Å². The molecule has 0 radical (unpaired) electrons. The Kier molecular flexibility index (Phi) is 3.15. The van der Waals surface area contributed by atoms with Gasteiger partial charge in [-0.2, -0.15) is 0 Å². The Morgan fingerprint density at radius 1 is 1.24 bits per heavy atom. The van der Waals surface area contributed by atoms with Crippen LogP contribution in [-0.2, 0) is 5.41 Å². The molecule has 2 heteroatoms. The summed E-state index contributed by atoms with van der Waals surface area (Å²) in [6.07, 6.45) is 12.3. The molecular formula is C15H22N2. The number of nitrogens with zero attached hydrogens (tertiary/aromatic N) is 1. The fourth-order valence-corrected chi connectivity index (χ4v) is 3.90. The average molecular weight is 230 g/mol. The number of nitrogens with one attached hydrogen (secondary N) is 1. The van der Waals surface area contributed by atoms with E-state index in [1.54, 1.807) is 0 Å². The first kappa shape index (κ1) is 11.2. The third kappa shape index (κ3) is 1.99. The van der Waals surface area contributed by atoms with E-state index in [-0.39, 0.29) is 0 Å². The van der Waals surface area contributed by atoms with Crippen molar-refractivity contribution in [2.45, 2.75) is 43.9 Å². The molecule has 2 heterocycles. The molecule has 92 valence electrons. The predicted octanol–water partition coefficient (Wildman–Crippen LogP) is 2.89. The van der Waals surface area contributed by atoms with Gasteiger partial charge in [0.1, 0.15) is 0 Å². The molecule has 1 saturated heterocycles. The van der Waals surface area contributed by atoms with Crippen molar-refractivity contribution in [3.8, 4) is 0 Å². The molecule has 1 N–H and O–H groups in total. The Hall–Kier alpha value is -0.890. The predicted molar refractivity (Wildman–Crippen MR) is 70.0 cm³/mol. The van der Waals surface area contributed by atoms with Gasteiger partial charge >= 0.3 is 0 Å². The Balaban J connectivity index is 1.95. The Morgan fingerprint density at radius 3 is 2.76 bits per heavy atom. The normalized spacial score (nSPS) is 28.1. The summed E-state index contributed by atoms with van der Waals surface area (Å²) in [5.74, 6) is 0.826. The Labute approximate surface area is 104 Å². The van der Waals surface area contributed by atoms with Crippen molar-refractivity contribution in [3.63, 3.8) is 0 Å². The fourth-order valence-electron chi connectivity index (χ4n) is 3.90. The van der Waals surface area contributed by atoms with Gasteiger partial charge in [0.15, 0.2) is 0 Å². The maximum Gasteiger partial charge on any atom is 0.0305 e. The molecule has 1 aliphatic carbocycles. The van der Waals surface area contributed by atoms with Crippen LogP contribution < -0.4 is 5.32 Å². The van der Waals surface area contributed by atoms with Crippen molar-refractivity contribution in [3.05, 3.63) is 30.1 Å². The van der Waals surface area contributed by atoms with Crippen LogP contribution in [0, 0.1) is 5.92 Å². The van der Waals surface area contributed by atoms with Crippen molar-refractivity contribution < 1.29 is 0 Å². The minimum Gasteiger partial charge on any atom is -0.316 e. The summed E-state index contributed by atoms with van der Waals surface area (Å²) in [6, 6.07) is 4.41. The number of aromatic nitrogens is 1. The lowest BCUT2D eigenvalue weighted by atomic mass is 9.62. The molecule has 1 saturated carbocycles. The molecule has 2 fully saturated rings. The second kappa shape index (κ2) is 4.77. The largest absolute Gasteiger partial charge is 0.316 e. The van der Waals surface area contributed by atoms with Crippen LogP contribution in [0.1, 0.15) is 44.1 Å². The summed E-state index contributed by atoms with van der Waals surface area (Å²) < 4.78 is 0. The van der Waals surface area contributed by atoms with E-state index in [1.807, 2.05) is 6.20 Å². The zero-order valence-corrected chi connectivity index (χ0v) is 10.5. The quantitative estimate of drug-likeness (QED) is 0.845. The van der Waals surface area contributed by atoms with E-state index >= 15 is 0 Å². The fraction of sp³-hybridized carbons (Fsp3) is 0.667. The van der Waals surface area contributed by atoms with E-state index < -0.39 is 0 Å². The van der Waals surface area contributed by atoms with E-state index in [0.29, 0.717) is 5.41 Å². The summed E-state index contributed by atoms with van der Waals surface area (Å²) in [5, 5.41) is 3.54. The van der Waals surface area contributed by atoms with Crippen molar-refractivity contribution >= 4 is 0 Å². The smallest absolute Gasteiger partial charge is 0.0305 e. The van der Waals surface area contributed by atoms with Gasteiger partial charge in [-0.15, -0.1) is 0 Å². The minimum absolute atomic E-state index is 0.427. The van der Waals surface area contributed by atoms with Crippen LogP contribution in [0.4, 0.5) is 0 Å². The highest BCUT2D eigenvalue weighted by atomic mass is 14.9. The number of pyridine rings is 1. The molecule has 0 aromatic carbocycles. The van der Waals surface area contributed by atoms with Gasteiger partial charge in [-0.05, 0) is 49.9 Å². The van der Waals surface area contributed by atoms with E-state index in [2.05, 4.69) is 28.6 Å². The third-order valence-corrected chi connectivity index (χ3v) is 4.82. The summed E-state index contributed by atoms with van der Waals surface area (Å²) in [7, 11) is 0. The van der Waals surface area contributed by atoms with Crippen LogP contribution in [-0.4, -0.2) is 18.1 Å². The van der Waals surface area contributed by atoms with Gasteiger partial charge in [0.2, 0.25) is 0 Å². The third-order valence-electron chi connectivity index (χ3n) is 4.82. The van der Waals surface area contributed by atoms with Gasteiger partial charge in [-0.3, -0.25) is 4.98 Å². The lowest BCUT2D eigenvalue weighted by Crippen LogP contribution is -2.38. The highest BCUT2D eigenvalue weighted by Gasteiger charge is 2.42. The first-order chi connectivity index (χ1) is 8.42. The van der Waals surface area contributed by atoms with E-state index in [0.717, 1.165) is 5.92 Å². The van der Waals surface area contributed by atoms with E-state index in [4.69, 9.17) is 0 Å². The molecule has 17 heavy (non-hydrogen) atoms. The highest BCUT2D eigenvalue weighted by Crippen LogP contribution is 2.46. The van der Waals surface area contributed by atoms with Crippen LogP contribution in [0.2, 0.25) is 0 Å². The molecule has 1 aliphatic heterocycles. The summed E-state index contributed by atoms with van der Waals surface area (Å²) in [4.78, 5) is 4.36. The van der Waals surface area contributed by atoms with Crippen molar-refractivity contribution in [2.24, 2.45) is 5.92 Å². The van der Waals surface area contributed by atoms with Gasteiger partial charge in [0.05, 0.1) is 0 Å². The highest BCUT2D eigenvalue weighted by molar-refractivity contribution is 5.25. The molecule has 1 atom stereocenters. The van der Waals surface area contributed by atoms with Gasteiger partial charge in [-0.25, -0.2) is 0 Å². The van der Waals surface area contributed by atoms with Crippen LogP contribution in [0.25, 0.3) is 0 Å². The molecule has 2 aliphatic rings. The monoisotopic (exact) mass is 230 g/mol. The SMILES string of the molecule is c1cncc(C2(C3CCNC3)CCCCC2)c1. The van der Waals surface area contributed by atoms with Crippen molar-refractivity contribution in [1.29, 1.82) is 0 Å². The first-order valence-corrected chi connectivity index (χ1v) is 7.03. The molecule has 3 rings (SSSR count). The summed E-state index contributed by atoms with van der Waals surface area (Å²) in [5.41, 5.74) is 1.92. The topological polar surface area (TPSA) is 24.9 Å². The van der Waals surface area contributed by atoms with Crippen LogP contribution >= 0.6 is 0 Å². The molecule has 1 aromatic heterocycles. The van der Waals surface area contributed by atoms with Gasteiger partial charge in [0.25, 0.3) is 0 Å². The van der Waals surface area contributed by atoms with Gasteiger partial charge in [-0.1, -0.05) is 25.3 Å². The second-order valence-corrected chi connectivity index (χ2v) is 5.65. The van der Waals surface area contributed by atoms with Gasteiger partial charge in [0, 0.05) is 17.8 Å². The molecular weight excluding hydrogens is 208 g/mol. The lowest BCUT2D eigenvalue weighted by molar-refractivity contribution is 0.202. The van der Waals surface area contributed by atoms with Crippen LogP contribution in [0.15, 0.2) is 24.5 Å². The average Bonchev–Trinajstić information content (AvgIpc) is 2.95. The molecule has 1 aromatic rings. The zero-order chi connectivity index (χ0) is 11.6. The number of rotatable bonds is 2. The van der Waals surface area contributed by atoms with E-state index in [1.165, 1.54) is 57.2 Å². The Morgan fingerprint density at radius 2 is 2.12 bits per heavy atom. The molecule has 0 spiro atoms. The molecule has 1 unspecified atom stereocenters. The minimum atomic E-state index is 0.427. The maximum absolute atomic E-state index is 4.36. The van der Waals surface area contributed by atoms with E-state index in [9.17, 15) is 0 Å². The Bertz CT molecular complexity index is 348. The standard InChI is InChI=1S/C15H22N2/c1-2-7-15(8-3-1,14-6-10-17-12-14)13-5-4-9-16-11-13/h4-5,9,11,14,17H,1-3,6-8,10,12H2. The maximum atomic E-state index is 4.36. The molecule has 0 amide bonds. The second-order valence-electron chi connectivity index (χ2n) is 5.65. The molecule has 2 nitrogen and oxygen atoms in total. The van der Waals surface area contributed by atoms with Crippen LogP contribution in [0.5, 0.6) is 0 Å². The summed E-state index contributed by atoms with van der Waals surface area (Å²) >= 11 is 0. The molecule has 0 bridgehead atoms. The first-order valence-electron chi connectivity index (χ1n) is 7.03. The number of hydrogen-bond donors (Lipinski definition) is 1. The lowest BCUT2D eigenvalue weighted by Gasteiger charge is -2.42. The summed E-state index contributed by atoms with van der Waals surface area (Å²) in [6.45, 7) is 2.40. The van der Waals surface area contributed by atoms with Crippen molar-refractivity contribution in [2.75, 3.05) is 13.1 Å².